The maximum absolute atomic E-state index is 12.7. The van der Waals surface area contributed by atoms with Gasteiger partial charge in [0.05, 0.1) is 17.6 Å². The van der Waals surface area contributed by atoms with Crippen molar-refractivity contribution in [3.05, 3.63) is 68.6 Å². The number of aromatic amines is 1. The van der Waals surface area contributed by atoms with Gasteiger partial charge < -0.3 is 9.72 Å². The summed E-state index contributed by atoms with van der Waals surface area (Å²) in [5.41, 5.74) is 1.80. The summed E-state index contributed by atoms with van der Waals surface area (Å²) in [5, 5.41) is 12.5. The predicted octanol–water partition coefficient (Wildman–Crippen LogP) is 5.61. The Kier molecular flexibility index (Phi) is 5.39. The van der Waals surface area contributed by atoms with Gasteiger partial charge in [0.1, 0.15) is 16.6 Å². The average molecular weight is 416 g/mol. The van der Waals surface area contributed by atoms with Crippen LogP contribution in [0.3, 0.4) is 0 Å². The van der Waals surface area contributed by atoms with Crippen LogP contribution in [-0.2, 0) is 0 Å². The molecule has 0 radical (unpaired) electrons. The lowest BCUT2D eigenvalue weighted by atomic mass is 10.0. The van der Waals surface area contributed by atoms with Crippen LogP contribution in [0, 0.1) is 25.2 Å². The van der Waals surface area contributed by atoms with E-state index >= 15 is 0 Å². The quantitative estimate of drug-likeness (QED) is 0.430. The normalized spacial score (nSPS) is 11.7. The van der Waals surface area contributed by atoms with Gasteiger partial charge in [-0.05, 0) is 48.7 Å². The van der Waals surface area contributed by atoms with E-state index in [0.29, 0.717) is 22.6 Å². The second kappa shape index (κ2) is 8.13. The first-order chi connectivity index (χ1) is 14.5. The van der Waals surface area contributed by atoms with Gasteiger partial charge in [-0.2, -0.15) is 5.26 Å². The Balaban J connectivity index is 1.93. The molecule has 0 aliphatic heterocycles. The second-order valence-electron chi connectivity index (χ2n) is 7.09. The van der Waals surface area contributed by atoms with Crippen LogP contribution in [0.1, 0.15) is 35.2 Å². The molecule has 0 atom stereocenters. The number of rotatable bonds is 5. The third kappa shape index (κ3) is 3.49. The molecule has 4 aromatic rings. The average Bonchev–Trinajstić information content (AvgIpc) is 3.04. The van der Waals surface area contributed by atoms with Crippen molar-refractivity contribution in [2.45, 2.75) is 27.2 Å². The summed E-state index contributed by atoms with van der Waals surface area (Å²) >= 11 is 1.47. The summed E-state index contributed by atoms with van der Waals surface area (Å²) in [4.78, 5) is 21.8. The smallest absolute Gasteiger partial charge is 0.260 e. The number of aromatic nitrogens is 2. The lowest BCUT2D eigenvalue weighted by molar-refractivity contribution is 0.317. The van der Waals surface area contributed by atoms with E-state index in [-0.39, 0.29) is 17.0 Å². The molecule has 1 N–H and O–H groups in total. The standard InChI is InChI=1S/C24H21N3O2S/c1-4-11-29-20-10-9-16-7-5-6-8-18(16)19(20)12-17(13-25)22-26-23(28)21-14(2)15(3)30-24(21)27-22/h5-10,12H,4,11H2,1-3H3,(H,26,27,28)/b17-12+. The number of nitriles is 1. The van der Waals surface area contributed by atoms with Crippen molar-refractivity contribution in [1.29, 1.82) is 5.26 Å². The van der Waals surface area contributed by atoms with E-state index < -0.39 is 0 Å². The number of aryl methyl sites for hydroxylation is 2. The number of benzene rings is 2. The van der Waals surface area contributed by atoms with E-state index in [4.69, 9.17) is 4.74 Å². The lowest BCUT2D eigenvalue weighted by Gasteiger charge is -2.12. The number of ether oxygens (including phenoxy) is 1. The zero-order valence-corrected chi connectivity index (χ0v) is 17.9. The van der Waals surface area contributed by atoms with Crippen molar-refractivity contribution in [2.75, 3.05) is 6.61 Å². The van der Waals surface area contributed by atoms with Crippen molar-refractivity contribution in [1.82, 2.24) is 9.97 Å². The molecule has 0 fully saturated rings. The lowest BCUT2D eigenvalue weighted by Crippen LogP contribution is -2.11. The number of hydrogen-bond acceptors (Lipinski definition) is 5. The fraction of sp³-hybridized carbons (Fsp3) is 0.208. The van der Waals surface area contributed by atoms with E-state index in [1.807, 2.05) is 57.2 Å². The fourth-order valence-electron chi connectivity index (χ4n) is 3.44. The van der Waals surface area contributed by atoms with E-state index in [2.05, 4.69) is 16.0 Å². The minimum Gasteiger partial charge on any atom is -0.493 e. The monoisotopic (exact) mass is 415 g/mol. The van der Waals surface area contributed by atoms with Gasteiger partial charge in [0.2, 0.25) is 0 Å². The third-order valence-corrected chi connectivity index (χ3v) is 6.20. The third-order valence-electron chi connectivity index (χ3n) is 5.10. The second-order valence-corrected chi connectivity index (χ2v) is 8.30. The molecule has 2 aromatic heterocycles. The molecule has 0 saturated heterocycles. The van der Waals surface area contributed by atoms with E-state index in [1.165, 1.54) is 11.3 Å². The minimum atomic E-state index is -0.224. The molecule has 150 valence electrons. The first-order valence-electron chi connectivity index (χ1n) is 9.80. The number of fused-ring (bicyclic) bond motifs is 2. The Morgan fingerprint density at radius 2 is 2.07 bits per heavy atom. The summed E-state index contributed by atoms with van der Waals surface area (Å²) in [6, 6.07) is 14.1. The van der Waals surface area contributed by atoms with Crippen molar-refractivity contribution in [2.24, 2.45) is 0 Å². The fourth-order valence-corrected chi connectivity index (χ4v) is 4.47. The van der Waals surface area contributed by atoms with E-state index in [1.54, 1.807) is 6.08 Å². The van der Waals surface area contributed by atoms with Gasteiger partial charge >= 0.3 is 0 Å². The summed E-state index contributed by atoms with van der Waals surface area (Å²) in [6.45, 7) is 6.51. The molecular formula is C24H21N3O2S. The molecule has 6 heteroatoms. The summed E-state index contributed by atoms with van der Waals surface area (Å²) in [7, 11) is 0. The Morgan fingerprint density at radius 1 is 1.27 bits per heavy atom. The topological polar surface area (TPSA) is 78.8 Å². The van der Waals surface area contributed by atoms with E-state index in [0.717, 1.165) is 33.2 Å². The Morgan fingerprint density at radius 3 is 2.83 bits per heavy atom. The van der Waals surface area contributed by atoms with Crippen LogP contribution < -0.4 is 10.3 Å². The van der Waals surface area contributed by atoms with Crippen molar-refractivity contribution in [3.63, 3.8) is 0 Å². The number of H-pyrrole nitrogens is 1. The Labute approximate surface area is 178 Å². The van der Waals surface area contributed by atoms with Gasteiger partial charge in [0.25, 0.3) is 5.56 Å². The highest BCUT2D eigenvalue weighted by Gasteiger charge is 2.15. The molecule has 0 aliphatic rings. The molecule has 5 nitrogen and oxygen atoms in total. The highest BCUT2D eigenvalue weighted by molar-refractivity contribution is 7.18. The largest absolute Gasteiger partial charge is 0.493 e. The summed E-state index contributed by atoms with van der Waals surface area (Å²) in [5.74, 6) is 0.972. The molecule has 0 bridgehead atoms. The van der Waals surface area contributed by atoms with Gasteiger partial charge in [-0.25, -0.2) is 4.98 Å². The Bertz CT molecular complexity index is 1390. The number of nitrogens with zero attached hydrogens (tertiary/aromatic N) is 2. The van der Waals surface area contributed by atoms with Gasteiger partial charge in [0, 0.05) is 10.4 Å². The molecule has 0 saturated carbocycles. The molecule has 30 heavy (non-hydrogen) atoms. The van der Waals surface area contributed by atoms with Crippen LogP contribution >= 0.6 is 11.3 Å². The Hall–Kier alpha value is -3.43. The van der Waals surface area contributed by atoms with Crippen LogP contribution in [0.2, 0.25) is 0 Å². The zero-order valence-electron chi connectivity index (χ0n) is 17.1. The maximum atomic E-state index is 12.7. The van der Waals surface area contributed by atoms with Crippen LogP contribution in [-0.4, -0.2) is 16.6 Å². The van der Waals surface area contributed by atoms with Crippen molar-refractivity contribution in [3.8, 4) is 11.8 Å². The van der Waals surface area contributed by atoms with Crippen LogP contribution in [0.25, 0.3) is 32.6 Å². The van der Waals surface area contributed by atoms with Crippen molar-refractivity contribution >= 4 is 44.0 Å². The van der Waals surface area contributed by atoms with Crippen LogP contribution in [0.15, 0.2) is 41.2 Å². The number of nitrogens with one attached hydrogen (secondary N) is 1. The van der Waals surface area contributed by atoms with E-state index in [9.17, 15) is 10.1 Å². The maximum Gasteiger partial charge on any atom is 0.260 e. The number of hydrogen-bond donors (Lipinski definition) is 1. The number of thiophene rings is 1. The zero-order chi connectivity index (χ0) is 21.3. The first-order valence-corrected chi connectivity index (χ1v) is 10.6. The van der Waals surface area contributed by atoms with Gasteiger partial charge in [-0.3, -0.25) is 4.79 Å². The SMILES string of the molecule is CCCOc1ccc2ccccc2c1/C=C(\C#N)c1nc2sc(C)c(C)c2c(=O)[nH]1. The highest BCUT2D eigenvalue weighted by Crippen LogP contribution is 2.32. The summed E-state index contributed by atoms with van der Waals surface area (Å²) in [6.07, 6.45) is 2.63. The molecule has 0 unspecified atom stereocenters. The highest BCUT2D eigenvalue weighted by atomic mass is 32.1. The molecule has 2 aromatic carbocycles. The van der Waals surface area contributed by atoms with Gasteiger partial charge in [-0.1, -0.05) is 37.3 Å². The molecule has 0 spiro atoms. The minimum absolute atomic E-state index is 0.224. The first kappa shape index (κ1) is 19.9. The molecular weight excluding hydrogens is 394 g/mol. The molecule has 0 aliphatic carbocycles. The van der Waals surface area contributed by atoms with Gasteiger partial charge in [0.15, 0.2) is 5.82 Å². The summed E-state index contributed by atoms with van der Waals surface area (Å²) < 4.78 is 5.94. The number of allylic oxidation sites excluding steroid dienone is 1. The molecule has 4 rings (SSSR count). The predicted molar refractivity (Wildman–Crippen MR) is 123 cm³/mol. The molecule has 2 heterocycles. The van der Waals surface area contributed by atoms with Crippen LogP contribution in [0.4, 0.5) is 0 Å². The van der Waals surface area contributed by atoms with Gasteiger partial charge in [-0.15, -0.1) is 11.3 Å². The van der Waals surface area contributed by atoms with Crippen LogP contribution in [0.5, 0.6) is 5.75 Å². The van der Waals surface area contributed by atoms with Crippen molar-refractivity contribution < 1.29 is 4.74 Å². The molecule has 0 amide bonds.